The second kappa shape index (κ2) is 7.95. The van der Waals surface area contributed by atoms with Crippen LogP contribution in [0.5, 0.6) is 11.5 Å². The summed E-state index contributed by atoms with van der Waals surface area (Å²) in [5.74, 6) is 1.05. The molecule has 0 bridgehead atoms. The Morgan fingerprint density at radius 2 is 2.00 bits per heavy atom. The quantitative estimate of drug-likeness (QED) is 0.688. The van der Waals surface area contributed by atoms with Gasteiger partial charge >= 0.3 is 5.97 Å². The summed E-state index contributed by atoms with van der Waals surface area (Å²) in [4.78, 5) is 26.8. The van der Waals surface area contributed by atoms with Crippen LogP contribution >= 0.6 is 11.3 Å². The highest BCUT2D eigenvalue weighted by atomic mass is 32.1. The fraction of sp³-hybridized carbons (Fsp3) is 0.478. The zero-order chi connectivity index (χ0) is 21.5. The topological polar surface area (TPSA) is 73.9 Å². The predicted octanol–water partition coefficient (Wildman–Crippen LogP) is 5.06. The molecule has 160 valence electrons. The van der Waals surface area contributed by atoms with Crippen LogP contribution in [0.1, 0.15) is 65.3 Å². The minimum Gasteiger partial charge on any atom is -0.462 e. The van der Waals surface area contributed by atoms with Crippen molar-refractivity contribution in [2.45, 2.75) is 47.0 Å². The summed E-state index contributed by atoms with van der Waals surface area (Å²) in [7, 11) is 0. The third-order valence-corrected chi connectivity index (χ3v) is 7.00. The lowest BCUT2D eigenvalue weighted by molar-refractivity contribution is 0.0526. The van der Waals surface area contributed by atoms with E-state index in [1.807, 2.05) is 0 Å². The van der Waals surface area contributed by atoms with E-state index < -0.39 is 0 Å². The van der Waals surface area contributed by atoms with Crippen LogP contribution in [0.4, 0.5) is 5.00 Å². The molecule has 0 unspecified atom stereocenters. The number of esters is 1. The van der Waals surface area contributed by atoms with E-state index in [1.54, 1.807) is 25.1 Å². The number of anilines is 1. The molecular formula is C23H27NO5S. The molecule has 1 aliphatic heterocycles. The molecule has 7 heteroatoms. The van der Waals surface area contributed by atoms with Crippen LogP contribution < -0.4 is 14.8 Å². The van der Waals surface area contributed by atoms with E-state index >= 15 is 0 Å². The van der Waals surface area contributed by atoms with Gasteiger partial charge in [-0.25, -0.2) is 4.79 Å². The van der Waals surface area contributed by atoms with Gasteiger partial charge in [-0.1, -0.05) is 20.8 Å². The van der Waals surface area contributed by atoms with Crippen molar-refractivity contribution < 1.29 is 23.8 Å². The molecule has 6 nitrogen and oxygen atoms in total. The van der Waals surface area contributed by atoms with Crippen molar-refractivity contribution in [1.82, 2.24) is 0 Å². The van der Waals surface area contributed by atoms with E-state index in [9.17, 15) is 9.59 Å². The molecule has 1 aromatic carbocycles. The van der Waals surface area contributed by atoms with Gasteiger partial charge in [-0.15, -0.1) is 11.3 Å². The van der Waals surface area contributed by atoms with Crippen LogP contribution in [0.15, 0.2) is 18.2 Å². The van der Waals surface area contributed by atoms with Gasteiger partial charge < -0.3 is 19.5 Å². The maximum atomic E-state index is 12.9. The molecule has 0 saturated carbocycles. The summed E-state index contributed by atoms with van der Waals surface area (Å²) in [5.41, 5.74) is 2.19. The van der Waals surface area contributed by atoms with E-state index in [2.05, 4.69) is 26.1 Å². The van der Waals surface area contributed by atoms with Crippen LogP contribution in [-0.4, -0.2) is 25.3 Å². The van der Waals surface area contributed by atoms with Gasteiger partial charge in [0.1, 0.15) is 5.00 Å². The van der Waals surface area contributed by atoms with Crippen molar-refractivity contribution in [2.75, 3.05) is 18.7 Å². The summed E-state index contributed by atoms with van der Waals surface area (Å²) in [6, 6.07) is 5.07. The first-order valence-corrected chi connectivity index (χ1v) is 11.1. The van der Waals surface area contributed by atoms with Gasteiger partial charge in [-0.3, -0.25) is 4.79 Å². The summed E-state index contributed by atoms with van der Waals surface area (Å²) < 4.78 is 16.0. The first-order valence-electron chi connectivity index (χ1n) is 10.3. The minimum absolute atomic E-state index is 0.153. The van der Waals surface area contributed by atoms with Gasteiger partial charge in [-0.2, -0.15) is 0 Å². The standard InChI is InChI=1S/C23H27NO5S/c1-5-27-22(26)19-15-8-7-14(23(2,3)4)11-18(15)30-21(19)24-20(25)13-6-9-16-17(10-13)29-12-28-16/h6,9-10,14H,5,7-8,11-12H2,1-4H3,(H,24,25)/t14-/m1/s1. The molecule has 4 rings (SSSR count). The van der Waals surface area contributed by atoms with Crippen molar-refractivity contribution in [3.63, 3.8) is 0 Å². The second-order valence-corrected chi connectivity index (χ2v) is 9.86. The number of hydrogen-bond donors (Lipinski definition) is 1. The normalized spacial score (nSPS) is 17.4. The van der Waals surface area contributed by atoms with Crippen molar-refractivity contribution >= 4 is 28.2 Å². The molecule has 0 spiro atoms. The highest BCUT2D eigenvalue weighted by Gasteiger charge is 2.34. The molecule has 1 aromatic heterocycles. The van der Waals surface area contributed by atoms with Gasteiger partial charge in [0, 0.05) is 10.4 Å². The Balaban J connectivity index is 1.64. The maximum Gasteiger partial charge on any atom is 0.341 e. The number of rotatable bonds is 4. The first kappa shape index (κ1) is 20.7. The van der Waals surface area contributed by atoms with Crippen molar-refractivity contribution in [3.8, 4) is 11.5 Å². The lowest BCUT2D eigenvalue weighted by Gasteiger charge is -2.33. The number of benzene rings is 1. The van der Waals surface area contributed by atoms with Gasteiger partial charge in [0.25, 0.3) is 5.91 Å². The molecule has 0 saturated heterocycles. The third kappa shape index (κ3) is 3.90. The Morgan fingerprint density at radius 1 is 1.23 bits per heavy atom. The Bertz CT molecular complexity index is 988. The zero-order valence-corrected chi connectivity index (χ0v) is 18.6. The number of ether oxygens (including phenoxy) is 3. The summed E-state index contributed by atoms with van der Waals surface area (Å²) in [5, 5.41) is 3.52. The fourth-order valence-electron chi connectivity index (χ4n) is 4.05. The number of carbonyl (C=O) groups excluding carboxylic acids is 2. The van der Waals surface area contributed by atoms with E-state index in [4.69, 9.17) is 14.2 Å². The molecule has 1 N–H and O–H groups in total. The van der Waals surface area contributed by atoms with E-state index in [0.717, 1.165) is 24.8 Å². The van der Waals surface area contributed by atoms with Gasteiger partial charge in [-0.05, 0) is 61.3 Å². The molecule has 30 heavy (non-hydrogen) atoms. The van der Waals surface area contributed by atoms with Gasteiger partial charge in [0.15, 0.2) is 11.5 Å². The molecule has 1 aliphatic carbocycles. The highest BCUT2D eigenvalue weighted by Crippen LogP contribution is 2.44. The van der Waals surface area contributed by atoms with Gasteiger partial charge in [0.05, 0.1) is 12.2 Å². The third-order valence-electron chi connectivity index (χ3n) is 5.83. The summed E-state index contributed by atoms with van der Waals surface area (Å²) in [6.07, 6.45) is 2.76. The zero-order valence-electron chi connectivity index (χ0n) is 17.8. The second-order valence-electron chi connectivity index (χ2n) is 8.76. The number of carbonyl (C=O) groups is 2. The molecule has 2 aromatic rings. The van der Waals surface area contributed by atoms with E-state index in [0.29, 0.717) is 40.2 Å². The smallest absolute Gasteiger partial charge is 0.341 e. The fourth-order valence-corrected chi connectivity index (χ4v) is 5.36. The molecule has 1 amide bonds. The predicted molar refractivity (Wildman–Crippen MR) is 116 cm³/mol. The Kier molecular flexibility index (Phi) is 5.49. The summed E-state index contributed by atoms with van der Waals surface area (Å²) >= 11 is 1.50. The monoisotopic (exact) mass is 429 g/mol. The number of nitrogens with one attached hydrogen (secondary N) is 1. The SMILES string of the molecule is CCOC(=O)c1c(NC(=O)c2ccc3c(c2)OCO3)sc2c1CC[C@@H](C(C)(C)C)C2. The Labute approximate surface area is 180 Å². The number of fused-ring (bicyclic) bond motifs is 2. The molecule has 2 heterocycles. The van der Waals surface area contributed by atoms with Gasteiger partial charge in [0.2, 0.25) is 6.79 Å². The van der Waals surface area contributed by atoms with Crippen LogP contribution in [0.25, 0.3) is 0 Å². The molecular weight excluding hydrogens is 402 g/mol. The van der Waals surface area contributed by atoms with Crippen molar-refractivity contribution in [3.05, 3.63) is 39.8 Å². The lowest BCUT2D eigenvalue weighted by Crippen LogP contribution is -2.26. The van der Waals surface area contributed by atoms with Crippen LogP contribution in [0.2, 0.25) is 0 Å². The van der Waals surface area contributed by atoms with E-state index in [1.165, 1.54) is 16.2 Å². The van der Waals surface area contributed by atoms with E-state index in [-0.39, 0.29) is 24.1 Å². The Morgan fingerprint density at radius 3 is 2.73 bits per heavy atom. The average Bonchev–Trinajstić information content (AvgIpc) is 3.30. The van der Waals surface area contributed by atoms with Crippen molar-refractivity contribution in [2.24, 2.45) is 11.3 Å². The number of thiophene rings is 1. The minimum atomic E-state index is -0.370. The summed E-state index contributed by atoms with van der Waals surface area (Å²) in [6.45, 7) is 9.00. The van der Waals surface area contributed by atoms with Crippen LogP contribution in [-0.2, 0) is 17.6 Å². The highest BCUT2D eigenvalue weighted by molar-refractivity contribution is 7.17. The van der Waals surface area contributed by atoms with Crippen molar-refractivity contribution in [1.29, 1.82) is 0 Å². The molecule has 2 aliphatic rings. The Hall–Kier alpha value is -2.54. The number of hydrogen-bond acceptors (Lipinski definition) is 6. The maximum absolute atomic E-state index is 12.9. The number of amides is 1. The molecule has 1 atom stereocenters. The molecule has 0 radical (unpaired) electrons. The van der Waals surface area contributed by atoms with Crippen LogP contribution in [0, 0.1) is 11.3 Å². The molecule has 0 fully saturated rings. The largest absolute Gasteiger partial charge is 0.462 e. The first-order chi connectivity index (χ1) is 14.3. The average molecular weight is 430 g/mol. The lowest BCUT2D eigenvalue weighted by atomic mass is 9.72. The van der Waals surface area contributed by atoms with Crippen LogP contribution in [0.3, 0.4) is 0 Å².